The Morgan fingerprint density at radius 3 is 2.33 bits per heavy atom. The maximum absolute atomic E-state index is 13.7. The molecule has 39 heavy (non-hydrogen) atoms. The molecule has 6 nitrogen and oxygen atoms in total. The Balaban J connectivity index is 1.62. The lowest BCUT2D eigenvalue weighted by atomic mass is 9.93. The molecule has 0 N–H and O–H groups in total. The molecule has 0 bridgehead atoms. The molecule has 0 spiro atoms. The largest absolute Gasteiger partial charge is 0.416 e. The number of amides is 2. The maximum Gasteiger partial charge on any atom is 0.416 e. The minimum absolute atomic E-state index is 0.0590. The van der Waals surface area contributed by atoms with Gasteiger partial charge in [-0.1, -0.05) is 29.8 Å². The van der Waals surface area contributed by atoms with Crippen LogP contribution in [-0.2, 0) is 15.7 Å². The second kappa shape index (κ2) is 12.3. The lowest BCUT2D eigenvalue weighted by Crippen LogP contribution is -2.47. The van der Waals surface area contributed by atoms with Crippen molar-refractivity contribution in [2.24, 2.45) is 5.92 Å². The van der Waals surface area contributed by atoms with E-state index in [1.54, 1.807) is 12.1 Å². The number of alkyl halides is 3. The number of hydrogen-bond acceptors (Lipinski definition) is 4. The van der Waals surface area contributed by atoms with Crippen molar-refractivity contribution < 1.29 is 27.5 Å². The van der Waals surface area contributed by atoms with Gasteiger partial charge in [-0.15, -0.1) is 0 Å². The molecular weight excluding hydrogens is 531 g/mol. The van der Waals surface area contributed by atoms with Crippen molar-refractivity contribution in [3.05, 3.63) is 70.2 Å². The summed E-state index contributed by atoms with van der Waals surface area (Å²) < 4.78 is 45.5. The van der Waals surface area contributed by atoms with Gasteiger partial charge in [0, 0.05) is 48.7 Å². The van der Waals surface area contributed by atoms with E-state index in [0.717, 1.165) is 43.6 Å². The maximum atomic E-state index is 13.7. The topological polar surface area (TPSA) is 53.1 Å². The van der Waals surface area contributed by atoms with Gasteiger partial charge in [-0.25, -0.2) is 0 Å². The highest BCUT2D eigenvalue weighted by atomic mass is 35.5. The monoisotopic (exact) mass is 565 g/mol. The van der Waals surface area contributed by atoms with Gasteiger partial charge in [-0.3, -0.25) is 9.59 Å². The van der Waals surface area contributed by atoms with E-state index in [1.165, 1.54) is 24.1 Å². The Labute approximate surface area is 232 Å². The number of ether oxygens (including phenoxy) is 1. The second-order valence-corrected chi connectivity index (χ2v) is 11.1. The highest BCUT2D eigenvalue weighted by Crippen LogP contribution is 2.35. The molecule has 4 rings (SSSR count). The van der Waals surface area contributed by atoms with Gasteiger partial charge in [0.1, 0.15) is 6.73 Å². The number of benzene rings is 2. The van der Waals surface area contributed by atoms with Crippen molar-refractivity contribution >= 4 is 23.4 Å². The zero-order valence-corrected chi connectivity index (χ0v) is 23.2. The molecule has 0 aromatic heterocycles. The summed E-state index contributed by atoms with van der Waals surface area (Å²) in [7, 11) is 1.43. The normalized spacial score (nSPS) is 21.0. The molecule has 2 aromatic rings. The van der Waals surface area contributed by atoms with Crippen LogP contribution >= 0.6 is 11.6 Å². The smallest absolute Gasteiger partial charge is 0.364 e. The van der Waals surface area contributed by atoms with Crippen LogP contribution in [0.1, 0.15) is 54.1 Å². The fraction of sp³-hybridized carbons (Fsp3) is 0.517. The van der Waals surface area contributed by atoms with Gasteiger partial charge in [0.15, 0.2) is 0 Å². The van der Waals surface area contributed by atoms with E-state index in [1.807, 2.05) is 17.0 Å². The number of likely N-dealkylation sites (tertiary alicyclic amines) is 2. The number of rotatable bonds is 7. The van der Waals surface area contributed by atoms with Crippen molar-refractivity contribution in [1.29, 1.82) is 0 Å². The number of methoxy groups -OCH3 is 1. The van der Waals surface area contributed by atoms with Crippen LogP contribution in [-0.4, -0.2) is 78.6 Å². The van der Waals surface area contributed by atoms with Gasteiger partial charge >= 0.3 is 6.18 Å². The van der Waals surface area contributed by atoms with Gasteiger partial charge in [0.05, 0.1) is 11.6 Å². The summed E-state index contributed by atoms with van der Waals surface area (Å²) in [6.45, 7) is 6.55. The molecule has 2 fully saturated rings. The number of carbonyl (C=O) groups is 2. The second-order valence-electron chi connectivity index (χ2n) is 10.6. The van der Waals surface area contributed by atoms with Crippen LogP contribution in [0.4, 0.5) is 13.2 Å². The fourth-order valence-electron chi connectivity index (χ4n) is 5.68. The zero-order chi connectivity index (χ0) is 28.3. The van der Waals surface area contributed by atoms with E-state index in [2.05, 4.69) is 18.7 Å². The number of nitrogens with zero attached hydrogens (tertiary/aromatic N) is 3. The number of halogens is 4. The molecule has 0 radical (unpaired) electrons. The van der Waals surface area contributed by atoms with Crippen molar-refractivity contribution in [3.63, 3.8) is 0 Å². The number of carbonyl (C=O) groups excluding carboxylic acids is 2. The van der Waals surface area contributed by atoms with E-state index in [4.69, 9.17) is 16.3 Å². The van der Waals surface area contributed by atoms with E-state index in [0.29, 0.717) is 17.6 Å². The van der Waals surface area contributed by atoms with Crippen LogP contribution in [0, 0.1) is 5.92 Å². The Bertz CT molecular complexity index is 1150. The molecule has 0 aliphatic carbocycles. The Kier molecular flexibility index (Phi) is 9.24. The zero-order valence-electron chi connectivity index (χ0n) is 22.5. The number of hydrogen-bond donors (Lipinski definition) is 0. The van der Waals surface area contributed by atoms with Crippen LogP contribution in [0.5, 0.6) is 0 Å². The predicted molar refractivity (Wildman–Crippen MR) is 143 cm³/mol. The highest BCUT2D eigenvalue weighted by Gasteiger charge is 2.43. The van der Waals surface area contributed by atoms with E-state index < -0.39 is 23.7 Å². The summed E-state index contributed by atoms with van der Waals surface area (Å²) in [5.41, 5.74) is -0.0780. The molecule has 10 heteroatoms. The fourth-order valence-corrected chi connectivity index (χ4v) is 5.81. The van der Waals surface area contributed by atoms with Gasteiger partial charge in [-0.05, 0) is 75.7 Å². The summed E-state index contributed by atoms with van der Waals surface area (Å²) in [6.07, 6.45) is -3.03. The molecule has 2 unspecified atom stereocenters. The first-order valence-electron chi connectivity index (χ1n) is 13.2. The molecule has 2 amide bonds. The van der Waals surface area contributed by atoms with Crippen LogP contribution < -0.4 is 0 Å². The van der Waals surface area contributed by atoms with E-state index in [9.17, 15) is 22.8 Å². The van der Waals surface area contributed by atoms with Crippen molar-refractivity contribution in [3.8, 4) is 0 Å². The Morgan fingerprint density at radius 1 is 1.08 bits per heavy atom. The van der Waals surface area contributed by atoms with E-state index >= 15 is 0 Å². The molecule has 2 saturated heterocycles. The lowest BCUT2D eigenvalue weighted by molar-refractivity contribution is -0.138. The number of piperidine rings is 1. The minimum atomic E-state index is -4.57. The van der Waals surface area contributed by atoms with Crippen molar-refractivity contribution in [1.82, 2.24) is 14.7 Å². The molecule has 0 saturated carbocycles. The van der Waals surface area contributed by atoms with Gasteiger partial charge in [0.2, 0.25) is 5.91 Å². The molecule has 2 heterocycles. The van der Waals surface area contributed by atoms with Crippen LogP contribution in [0.3, 0.4) is 0 Å². The third kappa shape index (κ3) is 6.76. The lowest BCUT2D eigenvalue weighted by Gasteiger charge is -2.35. The first-order chi connectivity index (χ1) is 18.5. The molecule has 2 aliphatic rings. The van der Waals surface area contributed by atoms with E-state index in [-0.39, 0.29) is 36.6 Å². The Hall–Kier alpha value is -2.62. The standard InChI is InChI=1S/C29H35ClF3N3O3/c1-19(2)34-13-11-21(12-14-34)27(37)35-16-25(20-7-9-24(30)10-8-20)26(17-35)36(18-39-3)28(38)22-5-4-6-23(15-22)29(31,32)33/h4-10,15,19,21,25-26H,11-14,16-18H2,1-3H3. The minimum Gasteiger partial charge on any atom is -0.364 e. The first kappa shape index (κ1) is 29.4. The Morgan fingerprint density at radius 2 is 1.74 bits per heavy atom. The average molecular weight is 566 g/mol. The summed E-state index contributed by atoms with van der Waals surface area (Å²) in [4.78, 5) is 32.9. The molecule has 2 aromatic carbocycles. The first-order valence-corrected chi connectivity index (χ1v) is 13.6. The SMILES string of the molecule is COCN(C(=O)c1cccc(C(F)(F)F)c1)C1CN(C(=O)C2CCN(C(C)C)CC2)CC1c1ccc(Cl)cc1. The van der Waals surface area contributed by atoms with Gasteiger partial charge in [-0.2, -0.15) is 13.2 Å². The van der Waals surface area contributed by atoms with Crippen molar-refractivity contribution in [2.45, 2.75) is 50.9 Å². The summed E-state index contributed by atoms with van der Waals surface area (Å²) in [6, 6.07) is 11.6. The molecular formula is C29H35ClF3N3O3. The molecule has 212 valence electrons. The summed E-state index contributed by atoms with van der Waals surface area (Å²) in [5, 5.41) is 0.562. The van der Waals surface area contributed by atoms with Crippen LogP contribution in [0.25, 0.3) is 0 Å². The van der Waals surface area contributed by atoms with Gasteiger partial charge in [0.25, 0.3) is 5.91 Å². The van der Waals surface area contributed by atoms with Gasteiger partial charge < -0.3 is 19.4 Å². The average Bonchev–Trinajstić information content (AvgIpc) is 3.36. The highest BCUT2D eigenvalue weighted by molar-refractivity contribution is 6.30. The van der Waals surface area contributed by atoms with Crippen molar-refractivity contribution in [2.75, 3.05) is 40.0 Å². The quantitative estimate of drug-likeness (QED) is 0.415. The predicted octanol–water partition coefficient (Wildman–Crippen LogP) is 5.52. The molecule has 2 atom stereocenters. The van der Waals surface area contributed by atoms with Crippen LogP contribution in [0.15, 0.2) is 48.5 Å². The third-order valence-corrected chi connectivity index (χ3v) is 8.13. The third-order valence-electron chi connectivity index (χ3n) is 7.87. The summed E-state index contributed by atoms with van der Waals surface area (Å²) in [5.74, 6) is -0.873. The summed E-state index contributed by atoms with van der Waals surface area (Å²) >= 11 is 6.12. The van der Waals surface area contributed by atoms with Crippen LogP contribution in [0.2, 0.25) is 5.02 Å². The molecule has 2 aliphatic heterocycles.